The third-order valence-corrected chi connectivity index (χ3v) is 5.57. The summed E-state index contributed by atoms with van der Waals surface area (Å²) in [6, 6.07) is 17.7. The van der Waals surface area contributed by atoms with Gasteiger partial charge in [-0.3, -0.25) is 4.79 Å². The highest BCUT2D eigenvalue weighted by atomic mass is 16.2. The predicted octanol–water partition coefficient (Wildman–Crippen LogP) is 4.59. The molecule has 0 bridgehead atoms. The maximum absolute atomic E-state index is 12.8. The van der Waals surface area contributed by atoms with E-state index in [-0.39, 0.29) is 5.91 Å². The number of hydrogen-bond acceptors (Lipinski definition) is 3. The van der Waals surface area contributed by atoms with Crippen molar-refractivity contribution in [1.82, 2.24) is 14.8 Å². The topological polar surface area (TPSA) is 59.8 Å². The lowest BCUT2D eigenvalue weighted by Gasteiger charge is -2.24. The van der Waals surface area contributed by atoms with E-state index < -0.39 is 5.41 Å². The van der Waals surface area contributed by atoms with Crippen LogP contribution in [-0.2, 0) is 23.2 Å². The van der Waals surface area contributed by atoms with Crippen molar-refractivity contribution in [2.24, 2.45) is 0 Å². The molecule has 5 heteroatoms. The summed E-state index contributed by atoms with van der Waals surface area (Å²) in [5, 5.41) is 11.8. The quantitative estimate of drug-likeness (QED) is 0.727. The van der Waals surface area contributed by atoms with Crippen LogP contribution < -0.4 is 5.32 Å². The standard InChI is InChI=1S/C23H26N4O/c1-23(2,18-9-5-3-6-10-18)22(28)24-19-14-12-17(13-15-19)21-26-25-20-11-7-4-8-16-27(20)21/h3,5-6,9-10,12-15H,4,7-8,11,16H2,1-2H3,(H,24,28). The number of carbonyl (C=O) groups excluding carboxylic acids is 1. The third-order valence-electron chi connectivity index (χ3n) is 5.57. The van der Waals surface area contributed by atoms with Gasteiger partial charge in [0.25, 0.3) is 0 Å². The molecule has 5 nitrogen and oxygen atoms in total. The second kappa shape index (κ2) is 7.58. The highest BCUT2D eigenvalue weighted by Crippen LogP contribution is 2.27. The van der Waals surface area contributed by atoms with Crippen molar-refractivity contribution in [3.05, 3.63) is 66.0 Å². The maximum Gasteiger partial charge on any atom is 0.234 e. The molecule has 1 aliphatic rings. The van der Waals surface area contributed by atoms with Gasteiger partial charge in [-0.05, 0) is 56.5 Å². The van der Waals surface area contributed by atoms with E-state index in [0.717, 1.165) is 41.4 Å². The van der Waals surface area contributed by atoms with Crippen LogP contribution in [0.5, 0.6) is 0 Å². The minimum absolute atomic E-state index is 0.0252. The van der Waals surface area contributed by atoms with Gasteiger partial charge in [0, 0.05) is 24.2 Å². The molecule has 0 aliphatic carbocycles. The van der Waals surface area contributed by atoms with E-state index in [1.165, 1.54) is 19.3 Å². The fourth-order valence-corrected chi connectivity index (χ4v) is 3.67. The Morgan fingerprint density at radius 2 is 1.71 bits per heavy atom. The van der Waals surface area contributed by atoms with E-state index >= 15 is 0 Å². The van der Waals surface area contributed by atoms with E-state index in [9.17, 15) is 4.79 Å². The van der Waals surface area contributed by atoms with Crippen LogP contribution in [0, 0.1) is 0 Å². The zero-order chi connectivity index (χ0) is 19.6. The van der Waals surface area contributed by atoms with Crippen LogP contribution in [-0.4, -0.2) is 20.7 Å². The van der Waals surface area contributed by atoms with Gasteiger partial charge in [0.15, 0.2) is 5.82 Å². The maximum atomic E-state index is 12.8. The Balaban J connectivity index is 1.51. The smallest absolute Gasteiger partial charge is 0.234 e. The number of aromatic nitrogens is 3. The van der Waals surface area contributed by atoms with Crippen LogP contribution in [0.25, 0.3) is 11.4 Å². The zero-order valence-electron chi connectivity index (χ0n) is 16.5. The highest BCUT2D eigenvalue weighted by Gasteiger charge is 2.29. The molecule has 1 amide bonds. The molecule has 1 aromatic heterocycles. The summed E-state index contributed by atoms with van der Waals surface area (Å²) >= 11 is 0. The Hall–Kier alpha value is -2.95. The molecule has 1 N–H and O–H groups in total. The van der Waals surface area contributed by atoms with Gasteiger partial charge in [-0.1, -0.05) is 36.8 Å². The predicted molar refractivity (Wildman–Crippen MR) is 111 cm³/mol. The van der Waals surface area contributed by atoms with Crippen LogP contribution >= 0.6 is 0 Å². The molecule has 2 heterocycles. The Morgan fingerprint density at radius 1 is 0.964 bits per heavy atom. The summed E-state index contributed by atoms with van der Waals surface area (Å²) in [7, 11) is 0. The number of fused-ring (bicyclic) bond motifs is 1. The number of benzene rings is 2. The molecule has 28 heavy (non-hydrogen) atoms. The van der Waals surface area contributed by atoms with Crippen molar-refractivity contribution in [2.45, 2.75) is 51.5 Å². The molecule has 3 aromatic rings. The number of nitrogens with one attached hydrogen (secondary N) is 1. The average Bonchev–Trinajstić information content (AvgIpc) is 2.97. The summed E-state index contributed by atoms with van der Waals surface area (Å²) in [6.45, 7) is 4.86. The van der Waals surface area contributed by atoms with Gasteiger partial charge in [0.2, 0.25) is 5.91 Å². The summed E-state index contributed by atoms with van der Waals surface area (Å²) < 4.78 is 2.24. The minimum atomic E-state index is -0.607. The first-order valence-corrected chi connectivity index (χ1v) is 9.95. The second-order valence-corrected chi connectivity index (χ2v) is 7.92. The molecular formula is C23H26N4O. The molecule has 144 valence electrons. The highest BCUT2D eigenvalue weighted by molar-refractivity contribution is 5.98. The second-order valence-electron chi connectivity index (χ2n) is 7.92. The summed E-state index contributed by atoms with van der Waals surface area (Å²) in [5.41, 5.74) is 2.20. The van der Waals surface area contributed by atoms with Gasteiger partial charge >= 0.3 is 0 Å². The molecule has 2 aromatic carbocycles. The molecule has 4 rings (SSSR count). The van der Waals surface area contributed by atoms with Crippen molar-refractivity contribution >= 4 is 11.6 Å². The number of aryl methyl sites for hydroxylation is 1. The van der Waals surface area contributed by atoms with Crippen molar-refractivity contribution in [2.75, 3.05) is 5.32 Å². The fraction of sp³-hybridized carbons (Fsp3) is 0.348. The summed E-state index contributed by atoms with van der Waals surface area (Å²) in [4.78, 5) is 12.8. The van der Waals surface area contributed by atoms with Crippen molar-refractivity contribution < 1.29 is 4.79 Å². The Labute approximate surface area is 165 Å². The normalized spacial score (nSPS) is 14.2. The molecule has 1 aliphatic heterocycles. The molecule has 0 unspecified atom stereocenters. The van der Waals surface area contributed by atoms with E-state index in [1.807, 2.05) is 68.4 Å². The molecular weight excluding hydrogens is 348 g/mol. The third kappa shape index (κ3) is 3.57. The number of hydrogen-bond donors (Lipinski definition) is 1. The van der Waals surface area contributed by atoms with Gasteiger partial charge in [-0.2, -0.15) is 0 Å². The Kier molecular flexibility index (Phi) is 4.99. The van der Waals surface area contributed by atoms with Gasteiger partial charge in [-0.25, -0.2) is 0 Å². The van der Waals surface area contributed by atoms with Gasteiger partial charge in [0.1, 0.15) is 5.82 Å². The van der Waals surface area contributed by atoms with Gasteiger partial charge in [0.05, 0.1) is 5.41 Å². The van der Waals surface area contributed by atoms with Crippen molar-refractivity contribution in [3.63, 3.8) is 0 Å². The van der Waals surface area contributed by atoms with Crippen LogP contribution in [0.15, 0.2) is 54.6 Å². The summed E-state index contributed by atoms with van der Waals surface area (Å²) in [5.74, 6) is 1.97. The molecule has 0 saturated heterocycles. The molecule has 0 radical (unpaired) electrons. The fourth-order valence-electron chi connectivity index (χ4n) is 3.67. The van der Waals surface area contributed by atoms with E-state index in [2.05, 4.69) is 20.1 Å². The minimum Gasteiger partial charge on any atom is -0.325 e. The van der Waals surface area contributed by atoms with E-state index in [4.69, 9.17) is 0 Å². The summed E-state index contributed by atoms with van der Waals surface area (Å²) in [6.07, 6.45) is 4.59. The lowest BCUT2D eigenvalue weighted by molar-refractivity contribution is -0.120. The van der Waals surface area contributed by atoms with Crippen LogP contribution in [0.4, 0.5) is 5.69 Å². The molecule has 0 spiro atoms. The average molecular weight is 374 g/mol. The van der Waals surface area contributed by atoms with Crippen LogP contribution in [0.1, 0.15) is 44.5 Å². The number of rotatable bonds is 4. The number of amides is 1. The first kappa shape index (κ1) is 18.4. The lowest BCUT2D eigenvalue weighted by Crippen LogP contribution is -2.34. The van der Waals surface area contributed by atoms with Crippen LogP contribution in [0.2, 0.25) is 0 Å². The van der Waals surface area contributed by atoms with E-state index in [1.54, 1.807) is 0 Å². The number of carbonyl (C=O) groups is 1. The van der Waals surface area contributed by atoms with Gasteiger partial charge < -0.3 is 9.88 Å². The van der Waals surface area contributed by atoms with Gasteiger partial charge in [-0.15, -0.1) is 10.2 Å². The Bertz CT molecular complexity index is 958. The van der Waals surface area contributed by atoms with E-state index in [0.29, 0.717) is 0 Å². The lowest BCUT2D eigenvalue weighted by atomic mass is 9.83. The first-order chi connectivity index (χ1) is 13.6. The van der Waals surface area contributed by atoms with Crippen molar-refractivity contribution in [1.29, 1.82) is 0 Å². The first-order valence-electron chi connectivity index (χ1n) is 9.95. The zero-order valence-corrected chi connectivity index (χ0v) is 16.5. The largest absolute Gasteiger partial charge is 0.325 e. The molecule has 0 fully saturated rings. The number of anilines is 1. The SMILES string of the molecule is CC(C)(C(=O)Nc1ccc(-c2nnc3n2CCCCC3)cc1)c1ccccc1. The monoisotopic (exact) mass is 374 g/mol. The van der Waals surface area contributed by atoms with Crippen molar-refractivity contribution in [3.8, 4) is 11.4 Å². The van der Waals surface area contributed by atoms with Crippen LogP contribution in [0.3, 0.4) is 0 Å². The Morgan fingerprint density at radius 3 is 2.46 bits per heavy atom. The number of nitrogens with zero attached hydrogens (tertiary/aromatic N) is 3. The molecule has 0 atom stereocenters. The molecule has 0 saturated carbocycles.